The number of alkyl halides is 1. The Morgan fingerprint density at radius 1 is 1.50 bits per heavy atom. The molecule has 96 valence electrons. The van der Waals surface area contributed by atoms with E-state index in [1.54, 1.807) is 12.1 Å². The van der Waals surface area contributed by atoms with Crippen molar-refractivity contribution in [2.75, 3.05) is 5.33 Å². The van der Waals surface area contributed by atoms with E-state index in [9.17, 15) is 14.9 Å². The van der Waals surface area contributed by atoms with E-state index in [-0.39, 0.29) is 17.7 Å². The van der Waals surface area contributed by atoms with Crippen LogP contribution >= 0.6 is 15.9 Å². The molecule has 18 heavy (non-hydrogen) atoms. The summed E-state index contributed by atoms with van der Waals surface area (Å²) in [5.74, 6) is -1.08. The first kappa shape index (κ1) is 14.4. The molecule has 1 rings (SSSR count). The summed E-state index contributed by atoms with van der Waals surface area (Å²) < 4.78 is 0. The maximum atomic E-state index is 10.9. The molecule has 0 aliphatic carbocycles. The minimum atomic E-state index is -1.08. The van der Waals surface area contributed by atoms with E-state index in [4.69, 9.17) is 5.11 Å². The van der Waals surface area contributed by atoms with Crippen LogP contribution in [-0.4, -0.2) is 21.3 Å². The number of nitrogens with zero attached hydrogens (tertiary/aromatic N) is 1. The number of rotatable bonds is 6. The Morgan fingerprint density at radius 2 is 2.22 bits per heavy atom. The summed E-state index contributed by atoms with van der Waals surface area (Å²) in [6.45, 7) is 0. The molecule has 0 amide bonds. The lowest BCUT2D eigenvalue weighted by molar-refractivity contribution is -0.385. The van der Waals surface area contributed by atoms with Gasteiger partial charge in [0.05, 0.1) is 11.3 Å². The fourth-order valence-electron chi connectivity index (χ4n) is 1.45. The van der Waals surface area contributed by atoms with Gasteiger partial charge in [0.25, 0.3) is 5.69 Å². The molecule has 0 spiro atoms. The van der Waals surface area contributed by atoms with Gasteiger partial charge in [0.15, 0.2) is 0 Å². The van der Waals surface area contributed by atoms with E-state index < -0.39 is 10.9 Å². The summed E-state index contributed by atoms with van der Waals surface area (Å²) in [5, 5.41) is 20.4. The van der Waals surface area contributed by atoms with Crippen molar-refractivity contribution >= 4 is 33.7 Å². The van der Waals surface area contributed by atoms with Crippen molar-refractivity contribution in [1.82, 2.24) is 0 Å². The van der Waals surface area contributed by atoms with Gasteiger partial charge in [-0.25, -0.2) is 0 Å². The molecular weight excluding hydrogens is 302 g/mol. The fraction of sp³-hybridized carbons (Fsp3) is 0.250. The van der Waals surface area contributed by atoms with Gasteiger partial charge in [-0.15, -0.1) is 0 Å². The van der Waals surface area contributed by atoms with E-state index in [2.05, 4.69) is 15.9 Å². The van der Waals surface area contributed by atoms with Gasteiger partial charge in [-0.3, -0.25) is 14.9 Å². The lowest BCUT2D eigenvalue weighted by Gasteiger charge is -2.01. The lowest BCUT2D eigenvalue weighted by Crippen LogP contribution is -2.03. The van der Waals surface area contributed by atoms with Crippen LogP contribution in [0, 0.1) is 10.1 Å². The quantitative estimate of drug-likeness (QED) is 0.497. The third-order valence-corrected chi connectivity index (χ3v) is 2.69. The molecule has 0 aliphatic rings. The van der Waals surface area contributed by atoms with Crippen LogP contribution in [0.4, 0.5) is 5.69 Å². The molecule has 0 atom stereocenters. The van der Waals surface area contributed by atoms with Crippen molar-refractivity contribution in [3.8, 4) is 0 Å². The van der Waals surface area contributed by atoms with Gasteiger partial charge >= 0.3 is 5.97 Å². The topological polar surface area (TPSA) is 80.4 Å². The first-order valence-electron chi connectivity index (χ1n) is 5.26. The highest BCUT2D eigenvalue weighted by atomic mass is 79.9. The summed E-state index contributed by atoms with van der Waals surface area (Å²) in [6.07, 6.45) is 4.15. The highest BCUT2D eigenvalue weighted by molar-refractivity contribution is 9.09. The molecule has 0 bridgehead atoms. The molecule has 1 N–H and O–H groups in total. The Bertz CT molecular complexity index is 485. The number of nitro benzene ring substituents is 1. The van der Waals surface area contributed by atoms with Crippen molar-refractivity contribution < 1.29 is 14.8 Å². The van der Waals surface area contributed by atoms with Gasteiger partial charge in [-0.2, -0.15) is 0 Å². The van der Waals surface area contributed by atoms with Crippen LogP contribution in [0.5, 0.6) is 0 Å². The third kappa shape index (κ3) is 4.29. The van der Waals surface area contributed by atoms with Crippen molar-refractivity contribution in [3.05, 3.63) is 45.5 Å². The highest BCUT2D eigenvalue weighted by Crippen LogP contribution is 2.22. The number of carboxylic acid groups (broad SMARTS) is 1. The summed E-state index contributed by atoms with van der Waals surface area (Å²) in [7, 11) is 0. The number of benzene rings is 1. The molecule has 0 aromatic heterocycles. The second-order valence-corrected chi connectivity index (χ2v) is 4.39. The molecular formula is C12H12BrNO4. The summed E-state index contributed by atoms with van der Waals surface area (Å²) >= 11 is 3.27. The number of allylic oxidation sites excluding steroid dienone is 1. The molecule has 0 aliphatic heterocycles. The summed E-state index contributed by atoms with van der Waals surface area (Å²) in [5.41, 5.74) is 0.750. The van der Waals surface area contributed by atoms with E-state index in [1.165, 1.54) is 12.1 Å². The smallest absolute Gasteiger partial charge is 0.308 e. The Balaban J connectivity index is 3.03. The number of hydrogen-bond acceptors (Lipinski definition) is 3. The zero-order chi connectivity index (χ0) is 13.5. The molecule has 0 radical (unpaired) electrons. The van der Waals surface area contributed by atoms with Crippen LogP contribution < -0.4 is 0 Å². The second-order valence-electron chi connectivity index (χ2n) is 3.60. The molecule has 0 unspecified atom stereocenters. The summed E-state index contributed by atoms with van der Waals surface area (Å²) in [6, 6.07) is 4.55. The monoisotopic (exact) mass is 313 g/mol. The first-order chi connectivity index (χ1) is 8.54. The zero-order valence-corrected chi connectivity index (χ0v) is 11.1. The van der Waals surface area contributed by atoms with E-state index in [0.717, 1.165) is 11.8 Å². The maximum Gasteiger partial charge on any atom is 0.308 e. The van der Waals surface area contributed by atoms with Gasteiger partial charge in [0, 0.05) is 17.0 Å². The van der Waals surface area contributed by atoms with E-state index in [0.29, 0.717) is 5.56 Å². The third-order valence-electron chi connectivity index (χ3n) is 2.23. The number of nitro groups is 1. The normalized spacial score (nSPS) is 10.7. The molecule has 6 heteroatoms. The standard InChI is InChI=1S/C12H12BrNO4/c13-6-2-1-3-9-4-5-10(8-12(15)16)11(7-9)14(17)18/h1,3-5,7H,2,6,8H2,(H,15,16). The summed E-state index contributed by atoms with van der Waals surface area (Å²) in [4.78, 5) is 20.9. The highest BCUT2D eigenvalue weighted by Gasteiger charge is 2.16. The van der Waals surface area contributed by atoms with Crippen molar-refractivity contribution in [2.24, 2.45) is 0 Å². The van der Waals surface area contributed by atoms with Crippen LogP contribution in [0.1, 0.15) is 17.5 Å². The molecule has 0 saturated heterocycles. The van der Waals surface area contributed by atoms with Crippen LogP contribution in [0.3, 0.4) is 0 Å². The van der Waals surface area contributed by atoms with Crippen molar-refractivity contribution in [3.63, 3.8) is 0 Å². The number of halogens is 1. The van der Waals surface area contributed by atoms with Gasteiger partial charge in [0.1, 0.15) is 0 Å². The van der Waals surface area contributed by atoms with Gasteiger partial charge in [-0.1, -0.05) is 40.2 Å². The second kappa shape index (κ2) is 6.90. The lowest BCUT2D eigenvalue weighted by atomic mass is 10.1. The Morgan fingerprint density at radius 3 is 2.78 bits per heavy atom. The molecule has 5 nitrogen and oxygen atoms in total. The average Bonchev–Trinajstić information content (AvgIpc) is 2.30. The average molecular weight is 314 g/mol. The molecule has 1 aromatic rings. The zero-order valence-electron chi connectivity index (χ0n) is 9.51. The molecule has 0 fully saturated rings. The van der Waals surface area contributed by atoms with Gasteiger partial charge in [-0.05, 0) is 12.0 Å². The SMILES string of the molecule is O=C(O)Cc1ccc(C=CCCBr)cc1[N+](=O)[O-]. The molecule has 0 saturated carbocycles. The van der Waals surface area contributed by atoms with Gasteiger partial charge < -0.3 is 5.11 Å². The Hall–Kier alpha value is -1.69. The van der Waals surface area contributed by atoms with E-state index in [1.807, 2.05) is 6.08 Å². The predicted molar refractivity (Wildman–Crippen MR) is 71.9 cm³/mol. The largest absolute Gasteiger partial charge is 0.481 e. The predicted octanol–water partition coefficient (Wildman–Crippen LogP) is 3.02. The fourth-order valence-corrected chi connectivity index (χ4v) is 1.71. The minimum Gasteiger partial charge on any atom is -0.481 e. The van der Waals surface area contributed by atoms with Crippen LogP contribution in [0.2, 0.25) is 0 Å². The molecule has 0 heterocycles. The van der Waals surface area contributed by atoms with Crippen LogP contribution in [-0.2, 0) is 11.2 Å². The van der Waals surface area contributed by atoms with Gasteiger partial charge in [0.2, 0.25) is 0 Å². The number of carboxylic acids is 1. The van der Waals surface area contributed by atoms with E-state index >= 15 is 0 Å². The molecule has 1 aromatic carbocycles. The van der Waals surface area contributed by atoms with Crippen LogP contribution in [0.15, 0.2) is 24.3 Å². The van der Waals surface area contributed by atoms with Crippen molar-refractivity contribution in [1.29, 1.82) is 0 Å². The Labute approximate surface area is 112 Å². The maximum absolute atomic E-state index is 10.9. The number of hydrogen-bond donors (Lipinski definition) is 1. The number of aliphatic carboxylic acids is 1. The van der Waals surface area contributed by atoms with Crippen LogP contribution in [0.25, 0.3) is 6.08 Å². The van der Waals surface area contributed by atoms with Crippen molar-refractivity contribution in [2.45, 2.75) is 12.8 Å². The minimum absolute atomic E-state index is 0.154. The number of carbonyl (C=O) groups is 1. The first-order valence-corrected chi connectivity index (χ1v) is 6.38. The Kier molecular flexibility index (Phi) is 5.51.